The Kier molecular flexibility index (Phi) is 4.21. The smallest absolute Gasteiger partial charge is 0.0797 e. The number of hydrogen-bond donors (Lipinski definition) is 2. The molecule has 0 saturated heterocycles. The number of rotatable bonds is 5. The third kappa shape index (κ3) is 5.47. The van der Waals surface area contributed by atoms with Gasteiger partial charge in [0.25, 0.3) is 0 Å². The Hall–Kier alpha value is -0.760. The summed E-state index contributed by atoms with van der Waals surface area (Å²) in [6.07, 6.45) is 6.68. The van der Waals surface area contributed by atoms with Crippen molar-refractivity contribution in [1.29, 1.82) is 0 Å². The average molecular weight is 183 g/mol. The Morgan fingerprint density at radius 3 is 2.23 bits per heavy atom. The summed E-state index contributed by atoms with van der Waals surface area (Å²) in [4.78, 5) is 0. The molecule has 0 heterocycles. The molecule has 0 spiro atoms. The third-order valence-corrected chi connectivity index (χ3v) is 2.26. The molecule has 0 aromatic carbocycles. The molecule has 0 aliphatic carbocycles. The van der Waals surface area contributed by atoms with Gasteiger partial charge < -0.3 is 10.8 Å². The second kappa shape index (κ2) is 4.47. The van der Waals surface area contributed by atoms with E-state index in [0.717, 1.165) is 6.42 Å². The number of aliphatic hydroxyl groups is 1. The summed E-state index contributed by atoms with van der Waals surface area (Å²) in [6.45, 7) is 9.54. The highest BCUT2D eigenvalue weighted by Gasteiger charge is 2.21. The SMILES string of the molecule is C=CC(C)(O)CCC(C)(C)/C=C\N. The molecular formula is C11H21NO. The fourth-order valence-electron chi connectivity index (χ4n) is 1.02. The summed E-state index contributed by atoms with van der Waals surface area (Å²) in [7, 11) is 0. The van der Waals surface area contributed by atoms with Gasteiger partial charge in [0.1, 0.15) is 0 Å². The lowest BCUT2D eigenvalue weighted by Crippen LogP contribution is -2.23. The van der Waals surface area contributed by atoms with Crippen LogP contribution in [0.1, 0.15) is 33.6 Å². The lowest BCUT2D eigenvalue weighted by Gasteiger charge is -2.25. The first-order chi connectivity index (χ1) is 5.83. The monoisotopic (exact) mass is 183 g/mol. The van der Waals surface area contributed by atoms with Gasteiger partial charge in [0, 0.05) is 0 Å². The molecule has 0 aliphatic rings. The summed E-state index contributed by atoms with van der Waals surface area (Å²) < 4.78 is 0. The van der Waals surface area contributed by atoms with Gasteiger partial charge in [-0.3, -0.25) is 0 Å². The van der Waals surface area contributed by atoms with Crippen LogP contribution in [0.25, 0.3) is 0 Å². The van der Waals surface area contributed by atoms with Crippen molar-refractivity contribution in [3.63, 3.8) is 0 Å². The van der Waals surface area contributed by atoms with Gasteiger partial charge in [0.2, 0.25) is 0 Å². The molecule has 0 bridgehead atoms. The van der Waals surface area contributed by atoms with Gasteiger partial charge >= 0.3 is 0 Å². The molecule has 0 amide bonds. The number of hydrogen-bond acceptors (Lipinski definition) is 2. The second-order valence-electron chi connectivity index (χ2n) is 4.41. The highest BCUT2D eigenvalue weighted by atomic mass is 16.3. The van der Waals surface area contributed by atoms with Crippen molar-refractivity contribution < 1.29 is 5.11 Å². The first-order valence-corrected chi connectivity index (χ1v) is 4.58. The summed E-state index contributed by atoms with van der Waals surface area (Å²) in [6, 6.07) is 0. The van der Waals surface area contributed by atoms with Gasteiger partial charge in [0.15, 0.2) is 0 Å². The minimum Gasteiger partial charge on any atom is -0.405 e. The van der Waals surface area contributed by atoms with Crippen LogP contribution in [-0.2, 0) is 0 Å². The highest BCUT2D eigenvalue weighted by molar-refractivity contribution is 4.97. The molecule has 0 aliphatic heterocycles. The minimum absolute atomic E-state index is 0.0434. The van der Waals surface area contributed by atoms with Gasteiger partial charge in [-0.25, -0.2) is 0 Å². The van der Waals surface area contributed by atoms with Crippen molar-refractivity contribution in [1.82, 2.24) is 0 Å². The molecule has 1 unspecified atom stereocenters. The molecule has 0 aromatic rings. The van der Waals surface area contributed by atoms with E-state index >= 15 is 0 Å². The predicted molar refractivity (Wildman–Crippen MR) is 57.2 cm³/mol. The maximum Gasteiger partial charge on any atom is 0.0797 e. The average Bonchev–Trinajstić information content (AvgIpc) is 2.02. The predicted octanol–water partition coefficient (Wildman–Crippen LogP) is 2.20. The van der Waals surface area contributed by atoms with E-state index < -0.39 is 5.60 Å². The van der Waals surface area contributed by atoms with Crippen LogP contribution >= 0.6 is 0 Å². The second-order valence-corrected chi connectivity index (χ2v) is 4.41. The lowest BCUT2D eigenvalue weighted by molar-refractivity contribution is 0.0904. The Labute approximate surface area is 81.1 Å². The van der Waals surface area contributed by atoms with Gasteiger partial charge in [-0.2, -0.15) is 0 Å². The summed E-state index contributed by atoms with van der Waals surface area (Å²) >= 11 is 0. The van der Waals surface area contributed by atoms with Crippen LogP contribution < -0.4 is 5.73 Å². The minimum atomic E-state index is -0.764. The molecule has 0 radical (unpaired) electrons. The van der Waals surface area contributed by atoms with Crippen LogP contribution in [0.4, 0.5) is 0 Å². The molecule has 0 rings (SSSR count). The van der Waals surface area contributed by atoms with Crippen molar-refractivity contribution in [2.45, 2.75) is 39.2 Å². The van der Waals surface area contributed by atoms with E-state index in [-0.39, 0.29) is 5.41 Å². The van der Waals surface area contributed by atoms with E-state index in [1.165, 1.54) is 0 Å². The van der Waals surface area contributed by atoms with E-state index in [0.29, 0.717) is 6.42 Å². The number of nitrogens with two attached hydrogens (primary N) is 1. The molecule has 0 fully saturated rings. The van der Waals surface area contributed by atoms with Gasteiger partial charge in [0.05, 0.1) is 5.60 Å². The lowest BCUT2D eigenvalue weighted by atomic mass is 9.84. The van der Waals surface area contributed by atoms with Crippen molar-refractivity contribution in [2.24, 2.45) is 11.1 Å². The molecular weight excluding hydrogens is 162 g/mol. The molecule has 0 aromatic heterocycles. The normalized spacial score (nSPS) is 17.2. The van der Waals surface area contributed by atoms with Gasteiger partial charge in [-0.05, 0) is 31.4 Å². The zero-order valence-electron chi connectivity index (χ0n) is 8.88. The van der Waals surface area contributed by atoms with Crippen LogP contribution in [-0.4, -0.2) is 10.7 Å². The standard InChI is InChI=1S/C11H21NO/c1-5-11(4,13)7-6-10(2,3)8-9-12/h5,8-9,13H,1,6-7,12H2,2-4H3/b9-8-. The van der Waals surface area contributed by atoms with Crippen LogP contribution in [0.15, 0.2) is 24.9 Å². The van der Waals surface area contributed by atoms with Crippen molar-refractivity contribution in [3.05, 3.63) is 24.9 Å². The molecule has 1 atom stereocenters. The fourth-order valence-corrected chi connectivity index (χ4v) is 1.02. The maximum absolute atomic E-state index is 9.68. The van der Waals surface area contributed by atoms with E-state index in [9.17, 15) is 5.11 Å². The topological polar surface area (TPSA) is 46.2 Å². The third-order valence-electron chi connectivity index (χ3n) is 2.26. The van der Waals surface area contributed by atoms with Crippen LogP contribution in [0.3, 0.4) is 0 Å². The highest BCUT2D eigenvalue weighted by Crippen LogP contribution is 2.27. The van der Waals surface area contributed by atoms with Gasteiger partial charge in [-0.15, -0.1) is 6.58 Å². The molecule has 3 N–H and O–H groups in total. The first-order valence-electron chi connectivity index (χ1n) is 4.58. The molecule has 76 valence electrons. The summed E-state index contributed by atoms with van der Waals surface area (Å²) in [5.41, 5.74) is 4.60. The van der Waals surface area contributed by atoms with E-state index in [1.807, 2.05) is 6.08 Å². The van der Waals surface area contributed by atoms with Crippen LogP contribution in [0.2, 0.25) is 0 Å². The molecule has 2 heteroatoms. The Morgan fingerprint density at radius 1 is 1.31 bits per heavy atom. The van der Waals surface area contributed by atoms with Crippen molar-refractivity contribution in [2.75, 3.05) is 0 Å². The molecule has 0 saturated carbocycles. The van der Waals surface area contributed by atoms with Gasteiger partial charge in [-0.1, -0.05) is 26.0 Å². The van der Waals surface area contributed by atoms with Crippen LogP contribution in [0.5, 0.6) is 0 Å². The zero-order chi connectivity index (χ0) is 10.5. The van der Waals surface area contributed by atoms with E-state index in [1.54, 1.807) is 19.2 Å². The Bertz CT molecular complexity index is 192. The maximum atomic E-state index is 9.68. The largest absolute Gasteiger partial charge is 0.405 e. The van der Waals surface area contributed by atoms with E-state index in [4.69, 9.17) is 5.73 Å². The summed E-state index contributed by atoms with van der Waals surface area (Å²) in [5, 5.41) is 9.68. The fraction of sp³-hybridized carbons (Fsp3) is 0.636. The Balaban J connectivity index is 4.08. The van der Waals surface area contributed by atoms with Crippen molar-refractivity contribution >= 4 is 0 Å². The summed E-state index contributed by atoms with van der Waals surface area (Å²) in [5.74, 6) is 0. The van der Waals surface area contributed by atoms with Crippen LogP contribution in [0, 0.1) is 5.41 Å². The number of allylic oxidation sites excluding steroid dienone is 1. The first kappa shape index (κ1) is 12.2. The quantitative estimate of drug-likeness (QED) is 0.642. The zero-order valence-corrected chi connectivity index (χ0v) is 8.88. The van der Waals surface area contributed by atoms with Crippen molar-refractivity contribution in [3.8, 4) is 0 Å². The molecule has 2 nitrogen and oxygen atoms in total. The Morgan fingerprint density at radius 2 is 1.85 bits per heavy atom. The molecule has 13 heavy (non-hydrogen) atoms. The van der Waals surface area contributed by atoms with E-state index in [2.05, 4.69) is 20.4 Å².